The van der Waals surface area contributed by atoms with Gasteiger partial charge in [-0.25, -0.2) is 0 Å². The highest BCUT2D eigenvalue weighted by Crippen LogP contribution is 2.37. The van der Waals surface area contributed by atoms with Crippen LogP contribution in [0.1, 0.15) is 29.7 Å². The van der Waals surface area contributed by atoms with E-state index in [9.17, 15) is 0 Å². The molecule has 1 aromatic heterocycles. The van der Waals surface area contributed by atoms with Gasteiger partial charge in [-0.1, -0.05) is 25.1 Å². The number of fused-ring (bicyclic) bond motifs is 1. The van der Waals surface area contributed by atoms with E-state index in [2.05, 4.69) is 57.8 Å². The maximum Gasteiger partial charge on any atom is 0.122 e. The lowest BCUT2D eigenvalue weighted by Gasteiger charge is -2.23. The number of thiophene rings is 1. The normalized spacial score (nSPS) is 18.3. The Balaban J connectivity index is 1.79. The van der Waals surface area contributed by atoms with Gasteiger partial charge < -0.3 is 10.1 Å². The molecule has 21 heavy (non-hydrogen) atoms. The van der Waals surface area contributed by atoms with Crippen LogP contribution in [0.2, 0.25) is 0 Å². The van der Waals surface area contributed by atoms with Crippen LogP contribution in [-0.2, 0) is 6.42 Å². The fraction of sp³-hybridized carbons (Fsp3) is 0.412. The first-order valence-corrected chi connectivity index (χ1v) is 9.13. The molecule has 0 fully saturated rings. The van der Waals surface area contributed by atoms with E-state index in [0.29, 0.717) is 12.0 Å². The first-order valence-electron chi connectivity index (χ1n) is 7.46. The zero-order valence-corrected chi connectivity index (χ0v) is 14.5. The third-order valence-corrected chi connectivity index (χ3v) is 5.64. The fourth-order valence-corrected chi connectivity index (χ4v) is 4.40. The van der Waals surface area contributed by atoms with E-state index in [1.807, 2.05) is 17.4 Å². The molecule has 4 heteroatoms. The number of benzene rings is 1. The monoisotopic (exact) mass is 365 g/mol. The average Bonchev–Trinajstić information content (AvgIpc) is 3.09. The molecule has 0 saturated heterocycles. The van der Waals surface area contributed by atoms with Crippen LogP contribution in [0, 0.1) is 0 Å². The highest BCUT2D eigenvalue weighted by Gasteiger charge is 2.31. The van der Waals surface area contributed by atoms with Gasteiger partial charge in [0.2, 0.25) is 0 Å². The molecule has 0 amide bonds. The van der Waals surface area contributed by atoms with Crippen molar-refractivity contribution in [1.29, 1.82) is 0 Å². The zero-order valence-electron chi connectivity index (χ0n) is 12.1. The second kappa shape index (κ2) is 6.95. The Bertz CT molecular complexity index is 598. The standard InChI is InChI=1S/C17H20BrNOS/c1-2-7-19-16(9-13-8-12(18)11-21-13)15-10-20-17-6-4-3-5-14(15)17/h3-6,8,11,15-16,19H,2,7,9-10H2,1H3. The van der Waals surface area contributed by atoms with Gasteiger partial charge in [-0.3, -0.25) is 0 Å². The van der Waals surface area contributed by atoms with Crippen molar-refractivity contribution in [3.8, 4) is 5.75 Å². The molecule has 2 nitrogen and oxygen atoms in total. The minimum Gasteiger partial charge on any atom is -0.493 e. The highest BCUT2D eigenvalue weighted by molar-refractivity contribution is 9.10. The molecule has 1 aromatic carbocycles. The summed E-state index contributed by atoms with van der Waals surface area (Å²) in [5, 5.41) is 5.88. The Morgan fingerprint density at radius 2 is 2.29 bits per heavy atom. The van der Waals surface area contributed by atoms with Crippen LogP contribution in [0.5, 0.6) is 5.75 Å². The lowest BCUT2D eigenvalue weighted by molar-refractivity contribution is 0.297. The van der Waals surface area contributed by atoms with Crippen molar-refractivity contribution < 1.29 is 4.74 Å². The average molecular weight is 366 g/mol. The van der Waals surface area contributed by atoms with E-state index >= 15 is 0 Å². The zero-order chi connectivity index (χ0) is 14.7. The molecule has 1 aliphatic rings. The Kier molecular flexibility index (Phi) is 4.99. The van der Waals surface area contributed by atoms with Crippen LogP contribution < -0.4 is 10.1 Å². The molecule has 3 rings (SSSR count). The van der Waals surface area contributed by atoms with Crippen molar-refractivity contribution >= 4 is 27.3 Å². The lowest BCUT2D eigenvalue weighted by atomic mass is 9.90. The van der Waals surface area contributed by atoms with Gasteiger partial charge in [0.15, 0.2) is 0 Å². The molecule has 112 valence electrons. The smallest absolute Gasteiger partial charge is 0.122 e. The SMILES string of the molecule is CCCNC(Cc1cc(Br)cs1)C1COc2ccccc21. The molecule has 0 radical (unpaired) electrons. The Labute approximate surface area is 138 Å². The number of rotatable bonds is 6. The molecule has 2 unspecified atom stereocenters. The summed E-state index contributed by atoms with van der Waals surface area (Å²) in [5.74, 6) is 1.49. The van der Waals surface area contributed by atoms with Gasteiger partial charge >= 0.3 is 0 Å². The van der Waals surface area contributed by atoms with Gasteiger partial charge in [0.25, 0.3) is 0 Å². The molecule has 2 aromatic rings. The molecule has 2 heterocycles. The van der Waals surface area contributed by atoms with Gasteiger partial charge in [-0.2, -0.15) is 0 Å². The van der Waals surface area contributed by atoms with Crippen LogP contribution >= 0.6 is 27.3 Å². The quantitative estimate of drug-likeness (QED) is 0.807. The van der Waals surface area contributed by atoms with Gasteiger partial charge in [0.1, 0.15) is 5.75 Å². The number of ether oxygens (including phenoxy) is 1. The van der Waals surface area contributed by atoms with Crippen molar-refractivity contribution in [3.63, 3.8) is 0 Å². The van der Waals surface area contributed by atoms with Gasteiger partial charge in [0.05, 0.1) is 6.61 Å². The Hall–Kier alpha value is -0.840. The predicted molar refractivity (Wildman–Crippen MR) is 92.5 cm³/mol. The van der Waals surface area contributed by atoms with E-state index in [-0.39, 0.29) is 0 Å². The minimum atomic E-state index is 0.430. The third kappa shape index (κ3) is 3.50. The van der Waals surface area contributed by atoms with Crippen LogP contribution in [-0.4, -0.2) is 19.2 Å². The molecule has 0 aliphatic carbocycles. The summed E-state index contributed by atoms with van der Waals surface area (Å²) in [6.07, 6.45) is 2.21. The van der Waals surface area contributed by atoms with Gasteiger partial charge in [-0.15, -0.1) is 11.3 Å². The topological polar surface area (TPSA) is 21.3 Å². The number of hydrogen-bond acceptors (Lipinski definition) is 3. The summed E-state index contributed by atoms with van der Waals surface area (Å²) >= 11 is 5.37. The summed E-state index contributed by atoms with van der Waals surface area (Å²) in [6, 6.07) is 11.1. The summed E-state index contributed by atoms with van der Waals surface area (Å²) < 4.78 is 7.05. The number of hydrogen-bond donors (Lipinski definition) is 1. The van der Waals surface area contributed by atoms with Crippen LogP contribution in [0.4, 0.5) is 0 Å². The summed E-state index contributed by atoms with van der Waals surface area (Å²) in [4.78, 5) is 1.42. The van der Waals surface area contributed by atoms with Crippen LogP contribution in [0.15, 0.2) is 40.2 Å². The maximum atomic E-state index is 5.87. The van der Waals surface area contributed by atoms with Crippen LogP contribution in [0.25, 0.3) is 0 Å². The third-order valence-electron chi connectivity index (χ3n) is 3.92. The van der Waals surface area contributed by atoms with Gasteiger partial charge in [0, 0.05) is 32.3 Å². The highest BCUT2D eigenvalue weighted by atomic mass is 79.9. The van der Waals surface area contributed by atoms with E-state index in [1.54, 1.807) is 0 Å². The fourth-order valence-electron chi connectivity index (χ4n) is 2.88. The molecular weight excluding hydrogens is 346 g/mol. The van der Waals surface area contributed by atoms with Crippen LogP contribution in [0.3, 0.4) is 0 Å². The summed E-state index contributed by atoms with van der Waals surface area (Å²) in [5.41, 5.74) is 1.35. The molecule has 0 saturated carbocycles. The molecular formula is C17H20BrNOS. The Morgan fingerprint density at radius 3 is 3.05 bits per heavy atom. The molecule has 0 bridgehead atoms. The largest absolute Gasteiger partial charge is 0.493 e. The number of nitrogens with one attached hydrogen (secondary N) is 1. The van der Waals surface area contributed by atoms with Crippen molar-refractivity contribution in [2.75, 3.05) is 13.2 Å². The predicted octanol–water partition coefficient (Wildman–Crippen LogP) is 4.60. The summed E-state index contributed by atoms with van der Waals surface area (Å²) in [6.45, 7) is 4.05. The molecule has 2 atom stereocenters. The second-order valence-corrected chi connectivity index (χ2v) is 7.36. The number of para-hydroxylation sites is 1. The first kappa shape index (κ1) is 15.1. The van der Waals surface area contributed by atoms with E-state index in [1.165, 1.54) is 14.9 Å². The van der Waals surface area contributed by atoms with E-state index in [4.69, 9.17) is 4.74 Å². The van der Waals surface area contributed by atoms with Crippen molar-refractivity contribution in [3.05, 3.63) is 50.6 Å². The molecule has 1 aliphatic heterocycles. The minimum absolute atomic E-state index is 0.430. The van der Waals surface area contributed by atoms with E-state index < -0.39 is 0 Å². The van der Waals surface area contributed by atoms with Crippen molar-refractivity contribution in [2.24, 2.45) is 0 Å². The lowest BCUT2D eigenvalue weighted by Crippen LogP contribution is -2.37. The maximum absolute atomic E-state index is 5.87. The van der Waals surface area contributed by atoms with Gasteiger partial charge in [-0.05, 0) is 47.4 Å². The molecule has 1 N–H and O–H groups in total. The second-order valence-electron chi connectivity index (χ2n) is 5.45. The number of halogens is 1. The first-order chi connectivity index (χ1) is 10.3. The van der Waals surface area contributed by atoms with E-state index in [0.717, 1.165) is 31.7 Å². The van der Waals surface area contributed by atoms with Crippen molar-refractivity contribution in [2.45, 2.75) is 31.7 Å². The summed E-state index contributed by atoms with van der Waals surface area (Å²) in [7, 11) is 0. The Morgan fingerprint density at radius 1 is 1.43 bits per heavy atom. The van der Waals surface area contributed by atoms with Crippen molar-refractivity contribution in [1.82, 2.24) is 5.32 Å². The molecule has 0 spiro atoms.